The maximum absolute atomic E-state index is 12.3. The van der Waals surface area contributed by atoms with E-state index in [2.05, 4.69) is 0 Å². The minimum absolute atomic E-state index is 0.0211. The van der Waals surface area contributed by atoms with E-state index < -0.39 is 0 Å². The summed E-state index contributed by atoms with van der Waals surface area (Å²) in [7, 11) is 1.82. The summed E-state index contributed by atoms with van der Waals surface area (Å²) in [4.78, 5) is 29.8. The first-order valence-electron chi connectivity index (χ1n) is 7.08. The first-order valence-corrected chi connectivity index (χ1v) is 7.08. The Morgan fingerprint density at radius 3 is 2.16 bits per heavy atom. The van der Waals surface area contributed by atoms with Crippen molar-refractivity contribution in [1.82, 2.24) is 14.7 Å². The third kappa shape index (κ3) is 3.61. The summed E-state index contributed by atoms with van der Waals surface area (Å²) >= 11 is 0. The maximum atomic E-state index is 12.3. The number of carbonyl (C=O) groups excluding carboxylic acids is 2. The number of nitrogens with zero attached hydrogens (tertiary/aromatic N) is 3. The van der Waals surface area contributed by atoms with Crippen LogP contribution in [-0.4, -0.2) is 65.4 Å². The summed E-state index contributed by atoms with van der Waals surface area (Å²) in [5, 5.41) is 0. The molecule has 1 heterocycles. The molecular weight excluding hydrogens is 242 g/mol. The van der Waals surface area contributed by atoms with E-state index in [-0.39, 0.29) is 29.9 Å². The van der Waals surface area contributed by atoms with Crippen LogP contribution in [0.25, 0.3) is 0 Å². The van der Waals surface area contributed by atoms with Gasteiger partial charge >= 0.3 is 6.03 Å². The van der Waals surface area contributed by atoms with Crippen molar-refractivity contribution in [3.8, 4) is 0 Å². The standard InChI is InChI=1S/C14H27N3O2/c1-10(2)13(18)16-7-8-17(12(5)9-16)14(19)15(6)11(3)4/h10-12H,7-9H2,1-6H3. The Labute approximate surface area is 116 Å². The zero-order chi connectivity index (χ0) is 14.7. The fourth-order valence-electron chi connectivity index (χ4n) is 2.23. The minimum atomic E-state index is 0.0211. The first-order chi connectivity index (χ1) is 8.75. The van der Waals surface area contributed by atoms with Gasteiger partial charge in [-0.3, -0.25) is 4.79 Å². The highest BCUT2D eigenvalue weighted by Gasteiger charge is 2.32. The predicted octanol–water partition coefficient (Wildman–Crippen LogP) is 1.64. The van der Waals surface area contributed by atoms with Gasteiger partial charge in [-0.1, -0.05) is 13.8 Å². The Balaban J connectivity index is 2.65. The van der Waals surface area contributed by atoms with Crippen molar-refractivity contribution in [1.29, 1.82) is 0 Å². The van der Waals surface area contributed by atoms with Crippen molar-refractivity contribution in [3.05, 3.63) is 0 Å². The van der Waals surface area contributed by atoms with Crippen molar-refractivity contribution < 1.29 is 9.59 Å². The average Bonchev–Trinajstić information content (AvgIpc) is 2.35. The van der Waals surface area contributed by atoms with Crippen LogP contribution in [0.15, 0.2) is 0 Å². The van der Waals surface area contributed by atoms with Crippen molar-refractivity contribution in [3.63, 3.8) is 0 Å². The summed E-state index contributed by atoms with van der Waals surface area (Å²) in [6.45, 7) is 11.7. The molecule has 1 atom stereocenters. The van der Waals surface area contributed by atoms with Gasteiger partial charge < -0.3 is 14.7 Å². The highest BCUT2D eigenvalue weighted by molar-refractivity contribution is 5.79. The monoisotopic (exact) mass is 269 g/mol. The van der Waals surface area contributed by atoms with Crippen molar-refractivity contribution in [2.45, 2.75) is 46.7 Å². The second-order valence-corrected chi connectivity index (χ2v) is 5.97. The molecule has 5 nitrogen and oxygen atoms in total. The third-order valence-corrected chi connectivity index (χ3v) is 3.76. The fourth-order valence-corrected chi connectivity index (χ4v) is 2.23. The second-order valence-electron chi connectivity index (χ2n) is 5.97. The number of hydrogen-bond acceptors (Lipinski definition) is 2. The zero-order valence-corrected chi connectivity index (χ0v) is 13.0. The van der Waals surface area contributed by atoms with Crippen LogP contribution in [0.2, 0.25) is 0 Å². The Kier molecular flexibility index (Phi) is 5.20. The van der Waals surface area contributed by atoms with E-state index in [1.54, 1.807) is 4.90 Å². The molecule has 1 fully saturated rings. The molecule has 0 spiro atoms. The molecule has 3 amide bonds. The summed E-state index contributed by atoms with van der Waals surface area (Å²) in [6, 6.07) is 0.319. The summed E-state index contributed by atoms with van der Waals surface area (Å²) < 4.78 is 0. The molecule has 1 saturated heterocycles. The van der Waals surface area contributed by atoms with E-state index >= 15 is 0 Å². The van der Waals surface area contributed by atoms with Gasteiger partial charge in [0.1, 0.15) is 0 Å². The molecular formula is C14H27N3O2. The third-order valence-electron chi connectivity index (χ3n) is 3.76. The molecule has 1 aliphatic heterocycles. The largest absolute Gasteiger partial charge is 0.339 e. The Hall–Kier alpha value is -1.26. The molecule has 5 heteroatoms. The molecule has 0 saturated carbocycles. The molecule has 0 aromatic heterocycles. The quantitative estimate of drug-likeness (QED) is 0.765. The van der Waals surface area contributed by atoms with Gasteiger partial charge in [-0.2, -0.15) is 0 Å². The van der Waals surface area contributed by atoms with E-state index in [0.29, 0.717) is 19.6 Å². The predicted molar refractivity (Wildman–Crippen MR) is 75.9 cm³/mol. The average molecular weight is 269 g/mol. The van der Waals surface area contributed by atoms with Crippen LogP contribution in [0.5, 0.6) is 0 Å². The first kappa shape index (κ1) is 15.8. The number of rotatable bonds is 2. The summed E-state index contributed by atoms with van der Waals surface area (Å²) in [5.74, 6) is 0.198. The van der Waals surface area contributed by atoms with Crippen LogP contribution in [0.1, 0.15) is 34.6 Å². The smallest absolute Gasteiger partial charge is 0.320 e. The van der Waals surface area contributed by atoms with Crippen LogP contribution in [0.4, 0.5) is 4.79 Å². The van der Waals surface area contributed by atoms with Gasteiger partial charge in [0.2, 0.25) is 5.91 Å². The van der Waals surface area contributed by atoms with Gasteiger partial charge in [-0.05, 0) is 20.8 Å². The van der Waals surface area contributed by atoms with Gasteiger partial charge in [0.25, 0.3) is 0 Å². The molecule has 0 N–H and O–H groups in total. The molecule has 0 bridgehead atoms. The van der Waals surface area contributed by atoms with Gasteiger partial charge in [0, 0.05) is 44.7 Å². The molecule has 1 aliphatic rings. The lowest BCUT2D eigenvalue weighted by molar-refractivity contribution is -0.136. The molecule has 0 aliphatic carbocycles. The van der Waals surface area contributed by atoms with Gasteiger partial charge in [0.05, 0.1) is 0 Å². The molecule has 1 unspecified atom stereocenters. The van der Waals surface area contributed by atoms with E-state index in [0.717, 1.165) is 0 Å². The van der Waals surface area contributed by atoms with Crippen LogP contribution in [-0.2, 0) is 4.79 Å². The molecule has 0 aromatic carbocycles. The zero-order valence-electron chi connectivity index (χ0n) is 13.0. The van der Waals surface area contributed by atoms with Crippen LogP contribution >= 0.6 is 0 Å². The lowest BCUT2D eigenvalue weighted by Gasteiger charge is -2.42. The van der Waals surface area contributed by atoms with Gasteiger partial charge in [-0.25, -0.2) is 4.79 Å². The number of amides is 3. The topological polar surface area (TPSA) is 43.9 Å². The second kappa shape index (κ2) is 6.26. The lowest BCUT2D eigenvalue weighted by atomic mass is 10.1. The number of hydrogen-bond donors (Lipinski definition) is 0. The van der Waals surface area contributed by atoms with Crippen LogP contribution in [0, 0.1) is 5.92 Å². The molecule has 19 heavy (non-hydrogen) atoms. The summed E-state index contributed by atoms with van der Waals surface area (Å²) in [5.41, 5.74) is 0. The van der Waals surface area contributed by atoms with Gasteiger partial charge in [0.15, 0.2) is 0 Å². The summed E-state index contributed by atoms with van der Waals surface area (Å²) in [6.07, 6.45) is 0. The Morgan fingerprint density at radius 1 is 1.16 bits per heavy atom. The van der Waals surface area contributed by atoms with Crippen LogP contribution in [0.3, 0.4) is 0 Å². The van der Waals surface area contributed by atoms with Crippen molar-refractivity contribution >= 4 is 11.9 Å². The minimum Gasteiger partial charge on any atom is -0.339 e. The molecule has 0 radical (unpaired) electrons. The Bertz CT molecular complexity index is 342. The van der Waals surface area contributed by atoms with Crippen LogP contribution < -0.4 is 0 Å². The SMILES string of the molecule is CC(C)C(=O)N1CCN(C(=O)N(C)C(C)C)C(C)C1. The van der Waals surface area contributed by atoms with E-state index in [9.17, 15) is 9.59 Å². The number of carbonyl (C=O) groups is 2. The highest BCUT2D eigenvalue weighted by atomic mass is 16.2. The van der Waals surface area contributed by atoms with E-state index in [4.69, 9.17) is 0 Å². The van der Waals surface area contributed by atoms with E-state index in [1.807, 2.05) is 51.5 Å². The lowest BCUT2D eigenvalue weighted by Crippen LogP contribution is -2.59. The van der Waals surface area contributed by atoms with Crippen molar-refractivity contribution in [2.75, 3.05) is 26.7 Å². The molecule has 1 rings (SSSR count). The molecule has 0 aromatic rings. The highest BCUT2D eigenvalue weighted by Crippen LogP contribution is 2.15. The van der Waals surface area contributed by atoms with E-state index in [1.165, 1.54) is 0 Å². The maximum Gasteiger partial charge on any atom is 0.320 e. The van der Waals surface area contributed by atoms with Crippen molar-refractivity contribution in [2.24, 2.45) is 5.92 Å². The molecule has 110 valence electrons. The Morgan fingerprint density at radius 2 is 1.74 bits per heavy atom. The number of urea groups is 1. The normalized spacial score (nSPS) is 20.1. The van der Waals surface area contributed by atoms with Gasteiger partial charge in [-0.15, -0.1) is 0 Å². The number of piperazine rings is 1. The fraction of sp³-hybridized carbons (Fsp3) is 0.857.